The van der Waals surface area contributed by atoms with E-state index >= 15 is 0 Å². The Hall–Kier alpha value is -1.82. The van der Waals surface area contributed by atoms with Gasteiger partial charge in [-0.25, -0.2) is 4.39 Å². The van der Waals surface area contributed by atoms with Crippen LogP contribution in [0.5, 0.6) is 0 Å². The molecule has 16 heavy (non-hydrogen) atoms. The number of hydrogen-bond acceptors (Lipinski definition) is 1. The molecule has 0 spiro atoms. The van der Waals surface area contributed by atoms with Gasteiger partial charge < -0.3 is 5.32 Å². The highest BCUT2D eigenvalue weighted by atomic mass is 19.1. The van der Waals surface area contributed by atoms with Gasteiger partial charge in [0.2, 0.25) is 5.91 Å². The third-order valence-electron chi connectivity index (χ3n) is 2.79. The fraction of sp³-hybridized carbons (Fsp3) is 0.308. The highest BCUT2D eigenvalue weighted by molar-refractivity contribution is 5.83. The first-order valence-corrected chi connectivity index (χ1v) is 5.19. The van der Waals surface area contributed by atoms with Gasteiger partial charge in [0, 0.05) is 5.92 Å². The molecule has 3 heteroatoms. The second-order valence-electron chi connectivity index (χ2n) is 3.92. The van der Waals surface area contributed by atoms with Crippen LogP contribution in [0.3, 0.4) is 0 Å². The molecule has 1 fully saturated rings. The largest absolute Gasteiger partial charge is 0.345 e. The Labute approximate surface area is 93.9 Å². The van der Waals surface area contributed by atoms with Crippen LogP contribution in [0, 0.1) is 24.1 Å². The van der Waals surface area contributed by atoms with E-state index in [1.54, 1.807) is 12.1 Å². The molecule has 82 valence electrons. The summed E-state index contributed by atoms with van der Waals surface area (Å²) in [5, 5.41) is 2.66. The van der Waals surface area contributed by atoms with Crippen molar-refractivity contribution in [3.63, 3.8) is 0 Å². The maximum absolute atomic E-state index is 12.7. The Morgan fingerprint density at radius 3 is 2.81 bits per heavy atom. The number of amides is 1. The molecule has 0 radical (unpaired) electrons. The number of rotatable bonds is 3. The molecular formula is C13H12FNO. The standard InChI is InChI=1S/C13H12FNO/c1-2-7-15-13(16)12-8-11(12)9-3-5-10(14)6-4-9/h1,3-6,11-12H,7-8H2,(H,15,16). The SMILES string of the molecule is C#CCNC(=O)C1CC1c1ccc(F)cc1. The Kier molecular flexibility index (Phi) is 2.91. The molecule has 2 nitrogen and oxygen atoms in total. The molecule has 0 heterocycles. The van der Waals surface area contributed by atoms with Crippen molar-refractivity contribution in [3.8, 4) is 12.3 Å². The van der Waals surface area contributed by atoms with Crippen LogP contribution in [0.25, 0.3) is 0 Å². The quantitative estimate of drug-likeness (QED) is 0.767. The molecule has 1 amide bonds. The number of hydrogen-bond donors (Lipinski definition) is 1. The summed E-state index contributed by atoms with van der Waals surface area (Å²) < 4.78 is 12.7. The fourth-order valence-corrected chi connectivity index (χ4v) is 1.83. The van der Waals surface area contributed by atoms with Crippen molar-refractivity contribution in [3.05, 3.63) is 35.6 Å². The number of nitrogens with one attached hydrogen (secondary N) is 1. The Bertz CT molecular complexity index is 432. The average molecular weight is 217 g/mol. The molecule has 1 aromatic rings. The zero-order valence-electron chi connectivity index (χ0n) is 8.74. The molecule has 1 aliphatic carbocycles. The fourth-order valence-electron chi connectivity index (χ4n) is 1.83. The van der Waals surface area contributed by atoms with E-state index in [1.165, 1.54) is 12.1 Å². The first-order valence-electron chi connectivity index (χ1n) is 5.19. The molecule has 0 aromatic heterocycles. The lowest BCUT2D eigenvalue weighted by Gasteiger charge is -2.01. The maximum atomic E-state index is 12.7. The average Bonchev–Trinajstić information content (AvgIpc) is 3.07. The van der Waals surface area contributed by atoms with E-state index in [-0.39, 0.29) is 30.1 Å². The summed E-state index contributed by atoms with van der Waals surface area (Å²) in [5.41, 5.74) is 1.02. The van der Waals surface area contributed by atoms with Crippen molar-refractivity contribution in [1.29, 1.82) is 0 Å². The van der Waals surface area contributed by atoms with Crippen LogP contribution in [0.2, 0.25) is 0 Å². The van der Waals surface area contributed by atoms with Crippen molar-refractivity contribution in [2.45, 2.75) is 12.3 Å². The van der Waals surface area contributed by atoms with Gasteiger partial charge in [0.05, 0.1) is 6.54 Å². The maximum Gasteiger partial charge on any atom is 0.224 e. The number of halogens is 1. The van der Waals surface area contributed by atoms with Crippen molar-refractivity contribution < 1.29 is 9.18 Å². The highest BCUT2D eigenvalue weighted by Crippen LogP contribution is 2.47. The van der Waals surface area contributed by atoms with Crippen molar-refractivity contribution >= 4 is 5.91 Å². The van der Waals surface area contributed by atoms with Crippen molar-refractivity contribution in [2.75, 3.05) is 6.54 Å². The Balaban J connectivity index is 1.94. The van der Waals surface area contributed by atoms with Gasteiger partial charge in [-0.3, -0.25) is 4.79 Å². The van der Waals surface area contributed by atoms with Gasteiger partial charge in [0.1, 0.15) is 5.82 Å². The van der Waals surface area contributed by atoms with Gasteiger partial charge >= 0.3 is 0 Å². The van der Waals surface area contributed by atoms with E-state index in [0.29, 0.717) is 0 Å². The Morgan fingerprint density at radius 1 is 1.50 bits per heavy atom. The molecule has 1 N–H and O–H groups in total. The van der Waals surface area contributed by atoms with Gasteiger partial charge in [-0.2, -0.15) is 0 Å². The molecule has 2 rings (SSSR count). The van der Waals surface area contributed by atoms with E-state index < -0.39 is 0 Å². The van der Waals surface area contributed by atoms with Crippen LogP contribution in [0.15, 0.2) is 24.3 Å². The number of terminal acetylenes is 1. The monoisotopic (exact) mass is 217 g/mol. The smallest absolute Gasteiger partial charge is 0.224 e. The molecule has 2 unspecified atom stereocenters. The summed E-state index contributed by atoms with van der Waals surface area (Å²) in [4.78, 5) is 11.5. The minimum atomic E-state index is -0.252. The molecular weight excluding hydrogens is 205 g/mol. The summed E-state index contributed by atoms with van der Waals surface area (Å²) in [5.74, 6) is 2.32. The summed E-state index contributed by atoms with van der Waals surface area (Å²) in [6, 6.07) is 6.30. The predicted molar refractivity (Wildman–Crippen MR) is 59.1 cm³/mol. The van der Waals surface area contributed by atoms with Gasteiger partial charge in [-0.15, -0.1) is 6.42 Å². The molecule has 0 aliphatic heterocycles. The second-order valence-corrected chi connectivity index (χ2v) is 3.92. The third kappa shape index (κ3) is 2.22. The van der Waals surface area contributed by atoms with E-state index in [4.69, 9.17) is 6.42 Å². The zero-order chi connectivity index (χ0) is 11.5. The molecule has 1 saturated carbocycles. The lowest BCUT2D eigenvalue weighted by molar-refractivity contribution is -0.122. The number of benzene rings is 1. The van der Waals surface area contributed by atoms with Gasteiger partial charge in [-0.1, -0.05) is 18.1 Å². The molecule has 1 aromatic carbocycles. The van der Waals surface area contributed by atoms with Gasteiger partial charge in [0.25, 0.3) is 0 Å². The second kappa shape index (κ2) is 4.36. The van der Waals surface area contributed by atoms with Gasteiger partial charge in [-0.05, 0) is 30.0 Å². The molecule has 2 atom stereocenters. The summed E-state index contributed by atoms with van der Waals surface area (Å²) in [6.07, 6.45) is 5.87. The van der Waals surface area contributed by atoms with E-state index in [9.17, 15) is 9.18 Å². The minimum Gasteiger partial charge on any atom is -0.345 e. The number of carbonyl (C=O) groups is 1. The number of carbonyl (C=O) groups excluding carboxylic acids is 1. The van der Waals surface area contributed by atoms with Gasteiger partial charge in [0.15, 0.2) is 0 Å². The highest BCUT2D eigenvalue weighted by Gasteiger charge is 2.43. The van der Waals surface area contributed by atoms with E-state index in [2.05, 4.69) is 11.2 Å². The van der Waals surface area contributed by atoms with Crippen LogP contribution in [0.4, 0.5) is 4.39 Å². The molecule has 0 saturated heterocycles. The third-order valence-corrected chi connectivity index (χ3v) is 2.79. The van der Waals surface area contributed by atoms with Crippen LogP contribution in [0.1, 0.15) is 17.9 Å². The van der Waals surface area contributed by atoms with E-state index in [0.717, 1.165) is 12.0 Å². The minimum absolute atomic E-state index is 0.00110. The summed E-state index contributed by atoms with van der Waals surface area (Å²) in [7, 11) is 0. The summed E-state index contributed by atoms with van der Waals surface area (Å²) in [6.45, 7) is 0.269. The lowest BCUT2D eigenvalue weighted by atomic mass is 10.1. The van der Waals surface area contributed by atoms with Crippen molar-refractivity contribution in [2.24, 2.45) is 5.92 Å². The zero-order valence-corrected chi connectivity index (χ0v) is 8.74. The van der Waals surface area contributed by atoms with Crippen LogP contribution in [-0.4, -0.2) is 12.5 Å². The van der Waals surface area contributed by atoms with Crippen molar-refractivity contribution in [1.82, 2.24) is 5.32 Å². The molecule has 1 aliphatic rings. The summed E-state index contributed by atoms with van der Waals surface area (Å²) >= 11 is 0. The lowest BCUT2D eigenvalue weighted by Crippen LogP contribution is -2.25. The van der Waals surface area contributed by atoms with Crippen LogP contribution >= 0.6 is 0 Å². The normalized spacial score (nSPS) is 22.2. The van der Waals surface area contributed by atoms with Crippen LogP contribution in [-0.2, 0) is 4.79 Å². The first-order chi connectivity index (χ1) is 7.72. The first kappa shape index (κ1) is 10.7. The van der Waals surface area contributed by atoms with Crippen LogP contribution < -0.4 is 5.32 Å². The Morgan fingerprint density at radius 2 is 2.19 bits per heavy atom. The molecule has 0 bridgehead atoms. The van der Waals surface area contributed by atoms with E-state index in [1.807, 2.05) is 0 Å². The topological polar surface area (TPSA) is 29.1 Å². The predicted octanol–water partition coefficient (Wildman–Crippen LogP) is 1.68.